The van der Waals surface area contributed by atoms with E-state index in [4.69, 9.17) is 0 Å². The van der Waals surface area contributed by atoms with E-state index in [0.717, 1.165) is 32.0 Å². The summed E-state index contributed by atoms with van der Waals surface area (Å²) in [6, 6.07) is 4.24. The second-order valence-corrected chi connectivity index (χ2v) is 4.07. The summed E-state index contributed by atoms with van der Waals surface area (Å²) in [5.74, 6) is -0.730. The van der Waals surface area contributed by atoms with E-state index in [2.05, 4.69) is 5.32 Å². The third kappa shape index (κ3) is 2.21. The molecule has 1 heterocycles. The zero-order valence-electron chi connectivity index (χ0n) is 8.85. The van der Waals surface area contributed by atoms with Crippen LogP contribution in [0.25, 0.3) is 0 Å². The molecule has 0 saturated carbocycles. The van der Waals surface area contributed by atoms with Crippen molar-refractivity contribution in [1.82, 2.24) is 5.32 Å². The van der Waals surface area contributed by atoms with Gasteiger partial charge in [0.25, 0.3) is 6.43 Å². The molecule has 0 bridgehead atoms. The van der Waals surface area contributed by atoms with Crippen molar-refractivity contribution in [2.45, 2.75) is 25.2 Å². The Balaban J connectivity index is 2.34. The molecule has 16 heavy (non-hydrogen) atoms. The van der Waals surface area contributed by atoms with Gasteiger partial charge < -0.3 is 5.32 Å². The highest BCUT2D eigenvalue weighted by molar-refractivity contribution is 5.33. The number of piperidine rings is 1. The molecule has 1 saturated heterocycles. The largest absolute Gasteiger partial charge is 0.317 e. The Labute approximate surface area is 92.7 Å². The highest BCUT2D eigenvalue weighted by Gasteiger charge is 2.24. The monoisotopic (exact) mass is 229 g/mol. The van der Waals surface area contributed by atoms with Crippen molar-refractivity contribution < 1.29 is 13.2 Å². The van der Waals surface area contributed by atoms with Gasteiger partial charge in [0.05, 0.1) is 5.56 Å². The van der Waals surface area contributed by atoms with Gasteiger partial charge in [0, 0.05) is 0 Å². The van der Waals surface area contributed by atoms with E-state index in [1.54, 1.807) is 6.07 Å². The molecule has 0 spiro atoms. The summed E-state index contributed by atoms with van der Waals surface area (Å²) in [4.78, 5) is 0. The second kappa shape index (κ2) is 4.87. The number of rotatable bonds is 2. The van der Waals surface area contributed by atoms with Crippen LogP contribution >= 0.6 is 0 Å². The van der Waals surface area contributed by atoms with Crippen molar-refractivity contribution in [2.75, 3.05) is 13.1 Å². The van der Waals surface area contributed by atoms with Crippen LogP contribution in [0.5, 0.6) is 0 Å². The Kier molecular flexibility index (Phi) is 3.49. The van der Waals surface area contributed by atoms with E-state index in [1.165, 1.54) is 6.07 Å². The van der Waals surface area contributed by atoms with Gasteiger partial charge in [-0.15, -0.1) is 0 Å². The average molecular weight is 229 g/mol. The van der Waals surface area contributed by atoms with Crippen LogP contribution < -0.4 is 5.32 Å². The zero-order valence-corrected chi connectivity index (χ0v) is 8.85. The van der Waals surface area contributed by atoms with Crippen LogP contribution in [0, 0.1) is 5.82 Å². The predicted octanol–water partition coefficient (Wildman–Crippen LogP) is 3.23. The molecule has 1 aromatic rings. The van der Waals surface area contributed by atoms with Gasteiger partial charge in [0.1, 0.15) is 5.82 Å². The Hall–Kier alpha value is -1.03. The van der Waals surface area contributed by atoms with Crippen molar-refractivity contribution in [3.63, 3.8) is 0 Å². The molecular weight excluding hydrogens is 215 g/mol. The molecule has 1 nitrogen and oxygen atoms in total. The Bertz CT molecular complexity index is 359. The lowest BCUT2D eigenvalue weighted by Crippen LogP contribution is -2.27. The van der Waals surface area contributed by atoms with Crippen LogP contribution in [-0.4, -0.2) is 13.1 Å². The molecule has 1 aliphatic heterocycles. The van der Waals surface area contributed by atoms with Gasteiger partial charge in [0.2, 0.25) is 0 Å². The maximum Gasteiger partial charge on any atom is 0.266 e. The molecule has 88 valence electrons. The number of halogens is 3. The molecule has 0 aliphatic carbocycles. The summed E-state index contributed by atoms with van der Waals surface area (Å²) < 4.78 is 38.9. The molecule has 0 radical (unpaired) electrons. The smallest absolute Gasteiger partial charge is 0.266 e. The lowest BCUT2D eigenvalue weighted by atomic mass is 9.87. The van der Waals surface area contributed by atoms with Gasteiger partial charge in [-0.1, -0.05) is 12.1 Å². The van der Waals surface area contributed by atoms with Crippen molar-refractivity contribution in [1.29, 1.82) is 0 Å². The summed E-state index contributed by atoms with van der Waals surface area (Å²) >= 11 is 0. The molecule has 0 amide bonds. The highest BCUT2D eigenvalue weighted by atomic mass is 19.3. The number of hydrogen-bond acceptors (Lipinski definition) is 1. The van der Waals surface area contributed by atoms with E-state index in [-0.39, 0.29) is 5.92 Å². The molecule has 1 aliphatic rings. The van der Waals surface area contributed by atoms with Gasteiger partial charge in [-0.3, -0.25) is 0 Å². The molecular formula is C12H14F3N. The van der Waals surface area contributed by atoms with Crippen LogP contribution in [0.2, 0.25) is 0 Å². The van der Waals surface area contributed by atoms with Crippen molar-refractivity contribution in [3.8, 4) is 0 Å². The molecule has 0 aromatic heterocycles. The fourth-order valence-electron chi connectivity index (χ4n) is 2.27. The van der Waals surface area contributed by atoms with Crippen molar-refractivity contribution in [3.05, 3.63) is 35.1 Å². The van der Waals surface area contributed by atoms with Crippen molar-refractivity contribution in [2.24, 2.45) is 0 Å². The lowest BCUT2D eigenvalue weighted by Gasteiger charge is -2.25. The summed E-state index contributed by atoms with van der Waals surface area (Å²) in [6.45, 7) is 1.62. The summed E-state index contributed by atoms with van der Waals surface area (Å²) in [7, 11) is 0. The Morgan fingerprint density at radius 3 is 2.50 bits per heavy atom. The third-order valence-electron chi connectivity index (χ3n) is 3.08. The Morgan fingerprint density at radius 1 is 1.19 bits per heavy atom. The number of hydrogen-bond donors (Lipinski definition) is 1. The zero-order chi connectivity index (χ0) is 11.5. The van der Waals surface area contributed by atoms with Crippen molar-refractivity contribution >= 4 is 0 Å². The first-order valence-electron chi connectivity index (χ1n) is 5.47. The minimum Gasteiger partial charge on any atom is -0.317 e. The average Bonchev–Trinajstić information content (AvgIpc) is 2.29. The van der Waals surface area contributed by atoms with Crippen LogP contribution in [0.1, 0.15) is 36.3 Å². The molecule has 4 heteroatoms. The van der Waals surface area contributed by atoms with Crippen LogP contribution in [-0.2, 0) is 0 Å². The molecule has 0 unspecified atom stereocenters. The van der Waals surface area contributed by atoms with Gasteiger partial charge in [-0.25, -0.2) is 13.2 Å². The fraction of sp³-hybridized carbons (Fsp3) is 0.500. The van der Waals surface area contributed by atoms with E-state index in [0.29, 0.717) is 5.56 Å². The molecule has 0 atom stereocenters. The maximum atomic E-state index is 13.4. The van der Waals surface area contributed by atoms with Gasteiger partial charge in [0.15, 0.2) is 0 Å². The molecule has 1 fully saturated rings. The van der Waals surface area contributed by atoms with E-state index >= 15 is 0 Å². The van der Waals surface area contributed by atoms with Crippen LogP contribution in [0.3, 0.4) is 0 Å². The third-order valence-corrected chi connectivity index (χ3v) is 3.08. The number of benzene rings is 1. The predicted molar refractivity (Wildman–Crippen MR) is 56.2 cm³/mol. The summed E-state index contributed by atoms with van der Waals surface area (Å²) in [5.41, 5.74) is 0.0749. The van der Waals surface area contributed by atoms with Gasteiger partial charge >= 0.3 is 0 Å². The first-order chi connectivity index (χ1) is 7.70. The van der Waals surface area contributed by atoms with Crippen LogP contribution in [0.4, 0.5) is 13.2 Å². The first-order valence-corrected chi connectivity index (χ1v) is 5.47. The summed E-state index contributed by atoms with van der Waals surface area (Å²) in [6.07, 6.45) is -1.14. The summed E-state index contributed by atoms with van der Waals surface area (Å²) in [5, 5.41) is 3.17. The van der Waals surface area contributed by atoms with Crippen LogP contribution in [0.15, 0.2) is 18.2 Å². The minimum atomic E-state index is -2.73. The quantitative estimate of drug-likeness (QED) is 0.821. The lowest BCUT2D eigenvalue weighted by molar-refractivity contribution is 0.144. The van der Waals surface area contributed by atoms with E-state index in [1.807, 2.05) is 0 Å². The standard InChI is InChI=1S/C12H14F3N/c13-10-3-1-2-9(11(10)12(14)15)8-4-6-16-7-5-8/h1-3,8,12,16H,4-7H2. The normalized spacial score (nSPS) is 18.0. The SMILES string of the molecule is Fc1cccc(C2CCNCC2)c1C(F)F. The maximum absolute atomic E-state index is 13.4. The van der Waals surface area contributed by atoms with E-state index < -0.39 is 17.8 Å². The number of nitrogens with one attached hydrogen (secondary N) is 1. The number of alkyl halides is 2. The fourth-order valence-corrected chi connectivity index (χ4v) is 2.27. The topological polar surface area (TPSA) is 12.0 Å². The second-order valence-electron chi connectivity index (χ2n) is 4.07. The van der Waals surface area contributed by atoms with E-state index in [9.17, 15) is 13.2 Å². The Morgan fingerprint density at radius 2 is 1.88 bits per heavy atom. The minimum absolute atomic E-state index is 0.0564. The highest BCUT2D eigenvalue weighted by Crippen LogP contribution is 2.34. The van der Waals surface area contributed by atoms with Gasteiger partial charge in [-0.05, 0) is 43.5 Å². The molecule has 1 aromatic carbocycles. The van der Waals surface area contributed by atoms with Gasteiger partial charge in [-0.2, -0.15) is 0 Å². The first kappa shape index (κ1) is 11.5. The molecule has 1 N–H and O–H groups in total. The molecule has 2 rings (SSSR count).